The highest BCUT2D eigenvalue weighted by molar-refractivity contribution is 7.89. The van der Waals surface area contributed by atoms with Crippen molar-refractivity contribution >= 4 is 16.0 Å². The zero-order chi connectivity index (χ0) is 17.3. The lowest BCUT2D eigenvalue weighted by molar-refractivity contribution is -0.140. The number of carbonyl (C=O) groups is 1. The van der Waals surface area contributed by atoms with Crippen LogP contribution in [-0.2, 0) is 19.6 Å². The lowest BCUT2D eigenvalue weighted by Crippen LogP contribution is -2.50. The van der Waals surface area contributed by atoms with Gasteiger partial charge in [0.2, 0.25) is 10.0 Å². The first kappa shape index (κ1) is 16.8. The Bertz CT molecular complexity index is 660. The fraction of sp³-hybridized carbons (Fsp3) is 0.941. The highest BCUT2D eigenvalue weighted by Crippen LogP contribution is 2.71. The standard InChI is InChI=1S/C17H27NO5S/c1-16(2)12-5-7-17(16,14-11(12)6-9-23-14)10-24(21,22)18-8-3-4-13(18)15(19)20/h11-14H,3-10H2,1-2H3,(H,19,20)/t11?,12?,13-,14?,17?/m1/s1. The highest BCUT2D eigenvalue weighted by atomic mass is 32.2. The van der Waals surface area contributed by atoms with Crippen molar-refractivity contribution in [1.29, 1.82) is 0 Å². The Balaban J connectivity index is 1.67. The SMILES string of the molecule is CC1(C)C2CCC1(CS(=O)(=O)N1CCC[C@@H]1C(=O)O)C1OCCC21. The van der Waals surface area contributed by atoms with Crippen molar-refractivity contribution < 1.29 is 23.1 Å². The summed E-state index contributed by atoms with van der Waals surface area (Å²) >= 11 is 0. The molecular formula is C17H27NO5S. The minimum atomic E-state index is -3.62. The smallest absolute Gasteiger partial charge is 0.322 e. The fourth-order valence-corrected chi connectivity index (χ4v) is 8.87. The minimum absolute atomic E-state index is 0.0203. The van der Waals surface area contributed by atoms with Gasteiger partial charge >= 0.3 is 5.97 Å². The van der Waals surface area contributed by atoms with Crippen LogP contribution in [0.5, 0.6) is 0 Å². The van der Waals surface area contributed by atoms with E-state index in [0.29, 0.717) is 31.2 Å². The largest absolute Gasteiger partial charge is 0.480 e. The summed E-state index contributed by atoms with van der Waals surface area (Å²) in [4.78, 5) is 11.4. The highest BCUT2D eigenvalue weighted by Gasteiger charge is 2.71. The first-order valence-electron chi connectivity index (χ1n) is 9.05. The van der Waals surface area contributed by atoms with Crippen LogP contribution in [0.3, 0.4) is 0 Å². The Morgan fingerprint density at radius 2 is 2.04 bits per heavy atom. The number of nitrogens with zero attached hydrogens (tertiary/aromatic N) is 1. The molecule has 0 aromatic heterocycles. The van der Waals surface area contributed by atoms with Crippen LogP contribution in [0.2, 0.25) is 0 Å². The summed E-state index contributed by atoms with van der Waals surface area (Å²) in [6, 6.07) is -0.895. The maximum Gasteiger partial charge on any atom is 0.322 e. The van der Waals surface area contributed by atoms with E-state index in [-0.39, 0.29) is 22.7 Å². The number of sulfonamides is 1. The third kappa shape index (κ3) is 2.01. The number of aliphatic carboxylic acids is 1. The molecule has 6 nitrogen and oxygen atoms in total. The number of hydrogen-bond acceptors (Lipinski definition) is 4. The number of carboxylic acid groups (broad SMARTS) is 1. The maximum absolute atomic E-state index is 13.2. The molecule has 2 aliphatic heterocycles. The molecule has 4 unspecified atom stereocenters. The number of carboxylic acids is 1. The Morgan fingerprint density at radius 3 is 2.75 bits per heavy atom. The van der Waals surface area contributed by atoms with Crippen molar-refractivity contribution in [2.24, 2.45) is 22.7 Å². The summed E-state index contributed by atoms with van der Waals surface area (Å²) in [6.45, 7) is 5.44. The van der Waals surface area contributed by atoms with E-state index in [1.165, 1.54) is 4.31 Å². The topological polar surface area (TPSA) is 83.9 Å². The van der Waals surface area contributed by atoms with Gasteiger partial charge in [-0.3, -0.25) is 4.79 Å². The third-order valence-electron chi connectivity index (χ3n) is 7.60. The van der Waals surface area contributed by atoms with Gasteiger partial charge in [0, 0.05) is 18.6 Å². The van der Waals surface area contributed by atoms with Gasteiger partial charge in [-0.25, -0.2) is 8.42 Å². The Morgan fingerprint density at radius 1 is 1.29 bits per heavy atom. The molecule has 4 fully saturated rings. The van der Waals surface area contributed by atoms with Crippen molar-refractivity contribution in [3.05, 3.63) is 0 Å². The number of hydrogen-bond donors (Lipinski definition) is 1. The Labute approximate surface area is 143 Å². The van der Waals surface area contributed by atoms with Crippen LogP contribution < -0.4 is 0 Å². The molecule has 4 aliphatic rings. The quantitative estimate of drug-likeness (QED) is 0.828. The summed E-state index contributed by atoms with van der Waals surface area (Å²) in [5, 5.41) is 9.36. The summed E-state index contributed by atoms with van der Waals surface area (Å²) in [7, 11) is -3.62. The molecule has 2 saturated heterocycles. The average molecular weight is 357 g/mol. The first-order valence-corrected chi connectivity index (χ1v) is 10.7. The van der Waals surface area contributed by atoms with Crippen molar-refractivity contribution in [1.82, 2.24) is 4.31 Å². The molecule has 24 heavy (non-hydrogen) atoms. The average Bonchev–Trinajstić information content (AvgIpc) is 3.21. The van der Waals surface area contributed by atoms with Gasteiger partial charge in [0.05, 0.1) is 11.9 Å². The van der Waals surface area contributed by atoms with Crippen LogP contribution in [0.25, 0.3) is 0 Å². The summed E-state index contributed by atoms with van der Waals surface area (Å²) < 4.78 is 33.6. The van der Waals surface area contributed by atoms with Gasteiger partial charge in [-0.1, -0.05) is 13.8 Å². The van der Waals surface area contributed by atoms with Crippen molar-refractivity contribution in [2.45, 2.75) is 58.1 Å². The number of rotatable bonds is 4. The van der Waals surface area contributed by atoms with E-state index < -0.39 is 22.0 Å². The Kier molecular flexibility index (Phi) is 3.62. The molecule has 0 aromatic carbocycles. The molecule has 0 aromatic rings. The molecule has 2 saturated carbocycles. The van der Waals surface area contributed by atoms with Gasteiger partial charge in [-0.2, -0.15) is 4.31 Å². The number of ether oxygens (including phenoxy) is 1. The van der Waals surface area contributed by atoms with Gasteiger partial charge in [-0.05, 0) is 49.4 Å². The van der Waals surface area contributed by atoms with Gasteiger partial charge in [0.25, 0.3) is 0 Å². The van der Waals surface area contributed by atoms with Gasteiger partial charge in [0.15, 0.2) is 0 Å². The molecule has 0 amide bonds. The van der Waals surface area contributed by atoms with E-state index in [9.17, 15) is 18.3 Å². The van der Waals surface area contributed by atoms with E-state index in [4.69, 9.17) is 4.74 Å². The van der Waals surface area contributed by atoms with Crippen LogP contribution in [0.1, 0.15) is 46.0 Å². The first-order chi connectivity index (χ1) is 11.2. The monoisotopic (exact) mass is 357 g/mol. The van der Waals surface area contributed by atoms with Gasteiger partial charge < -0.3 is 9.84 Å². The molecule has 136 valence electrons. The normalized spacial score (nSPS) is 44.1. The molecule has 2 bridgehead atoms. The second-order valence-electron chi connectivity index (χ2n) is 8.63. The minimum Gasteiger partial charge on any atom is -0.480 e. The van der Waals surface area contributed by atoms with Gasteiger partial charge in [0.1, 0.15) is 6.04 Å². The van der Waals surface area contributed by atoms with Crippen LogP contribution in [0.15, 0.2) is 0 Å². The molecule has 5 atom stereocenters. The van der Waals surface area contributed by atoms with Crippen molar-refractivity contribution in [2.75, 3.05) is 18.9 Å². The van der Waals surface area contributed by atoms with E-state index in [1.54, 1.807) is 0 Å². The molecular weight excluding hydrogens is 330 g/mol. The van der Waals surface area contributed by atoms with Crippen LogP contribution in [0.4, 0.5) is 0 Å². The van der Waals surface area contributed by atoms with Crippen molar-refractivity contribution in [3.63, 3.8) is 0 Å². The second kappa shape index (κ2) is 5.17. The lowest BCUT2D eigenvalue weighted by Gasteiger charge is -2.42. The van der Waals surface area contributed by atoms with E-state index in [2.05, 4.69) is 13.8 Å². The molecule has 0 radical (unpaired) electrons. The number of fused-ring (bicyclic) bond motifs is 5. The lowest BCUT2D eigenvalue weighted by atomic mass is 9.69. The summed E-state index contributed by atoms with van der Waals surface area (Å²) in [5.74, 6) is -0.000513. The fourth-order valence-electron chi connectivity index (χ4n) is 6.38. The zero-order valence-electron chi connectivity index (χ0n) is 14.4. The van der Waals surface area contributed by atoms with E-state index >= 15 is 0 Å². The van der Waals surface area contributed by atoms with Crippen LogP contribution >= 0.6 is 0 Å². The third-order valence-corrected chi connectivity index (χ3v) is 9.63. The molecule has 4 rings (SSSR count). The van der Waals surface area contributed by atoms with Gasteiger partial charge in [-0.15, -0.1) is 0 Å². The van der Waals surface area contributed by atoms with E-state index in [1.807, 2.05) is 0 Å². The molecule has 1 N–H and O–H groups in total. The molecule has 0 spiro atoms. The zero-order valence-corrected chi connectivity index (χ0v) is 15.2. The Hall–Kier alpha value is -0.660. The van der Waals surface area contributed by atoms with E-state index in [0.717, 1.165) is 25.9 Å². The molecule has 7 heteroatoms. The molecule has 2 heterocycles. The second-order valence-corrected chi connectivity index (χ2v) is 10.6. The predicted octanol–water partition coefficient (Wildman–Crippen LogP) is 1.71. The maximum atomic E-state index is 13.2. The van der Waals surface area contributed by atoms with Crippen LogP contribution in [-0.4, -0.2) is 54.8 Å². The summed E-state index contributed by atoms with van der Waals surface area (Å²) in [6.07, 6.45) is 4.02. The van der Waals surface area contributed by atoms with Crippen molar-refractivity contribution in [3.8, 4) is 0 Å². The summed E-state index contributed by atoms with van der Waals surface area (Å²) in [5.41, 5.74) is -0.447. The molecule has 2 aliphatic carbocycles. The van der Waals surface area contributed by atoms with Crippen LogP contribution in [0, 0.1) is 22.7 Å². The predicted molar refractivity (Wildman–Crippen MR) is 87.9 cm³/mol.